The molecular weight excluding hydrogens is 418 g/mol. The van der Waals surface area contributed by atoms with Gasteiger partial charge in [-0.05, 0) is 42.0 Å². The van der Waals surface area contributed by atoms with Crippen molar-refractivity contribution >= 4 is 17.5 Å². The van der Waals surface area contributed by atoms with Gasteiger partial charge in [0.05, 0.1) is 5.69 Å². The van der Waals surface area contributed by atoms with Crippen LogP contribution in [0, 0.1) is 5.92 Å². The number of nitrogens with zero attached hydrogens (tertiary/aromatic N) is 3. The first-order chi connectivity index (χ1) is 15.9. The monoisotopic (exact) mass is 447 g/mol. The number of anilines is 1. The maximum atomic E-state index is 13.1. The highest BCUT2D eigenvalue weighted by Gasteiger charge is 2.31. The second-order valence-electron chi connectivity index (χ2n) is 8.74. The van der Waals surface area contributed by atoms with Crippen LogP contribution in [0.15, 0.2) is 48.5 Å². The second kappa shape index (κ2) is 9.85. The third kappa shape index (κ3) is 5.39. The molecule has 1 aliphatic rings. The summed E-state index contributed by atoms with van der Waals surface area (Å²) >= 11 is 0. The molecule has 0 spiro atoms. The summed E-state index contributed by atoms with van der Waals surface area (Å²) in [5, 5.41) is 9.54. The average molecular weight is 448 g/mol. The van der Waals surface area contributed by atoms with Gasteiger partial charge in [-0.1, -0.05) is 50.2 Å². The van der Waals surface area contributed by atoms with Crippen molar-refractivity contribution in [1.29, 1.82) is 0 Å². The molecule has 2 amide bonds. The molecule has 0 saturated carbocycles. The van der Waals surface area contributed by atoms with Crippen LogP contribution in [0.3, 0.4) is 0 Å². The number of hydrogen-bond donors (Lipinski definition) is 2. The van der Waals surface area contributed by atoms with E-state index in [1.54, 1.807) is 11.9 Å². The Labute approximate surface area is 193 Å². The van der Waals surface area contributed by atoms with E-state index >= 15 is 0 Å². The van der Waals surface area contributed by atoms with E-state index in [-0.39, 0.29) is 18.3 Å². The molecule has 1 aliphatic heterocycles. The number of aromatic nitrogens is 3. The third-order valence-corrected chi connectivity index (χ3v) is 5.68. The minimum absolute atomic E-state index is 0.00545. The molecular formula is C25H29N5O3. The predicted molar refractivity (Wildman–Crippen MR) is 125 cm³/mol. The lowest BCUT2D eigenvalue weighted by Crippen LogP contribution is -2.49. The summed E-state index contributed by atoms with van der Waals surface area (Å²) in [5.41, 5.74) is 2.92. The number of benzene rings is 2. The summed E-state index contributed by atoms with van der Waals surface area (Å²) in [5.74, 6) is 1.02. The maximum absolute atomic E-state index is 13.1. The Morgan fingerprint density at radius 2 is 2.00 bits per heavy atom. The van der Waals surface area contributed by atoms with Crippen LogP contribution in [-0.4, -0.2) is 46.7 Å². The van der Waals surface area contributed by atoms with Crippen molar-refractivity contribution in [2.24, 2.45) is 5.92 Å². The molecule has 1 atom stereocenters. The van der Waals surface area contributed by atoms with Crippen LogP contribution in [0.25, 0.3) is 0 Å². The van der Waals surface area contributed by atoms with Gasteiger partial charge in [-0.2, -0.15) is 0 Å². The molecule has 33 heavy (non-hydrogen) atoms. The number of H-pyrrole nitrogens is 1. The molecule has 172 valence electrons. The normalized spacial score (nSPS) is 15.7. The summed E-state index contributed by atoms with van der Waals surface area (Å²) in [7, 11) is 1.70. The molecule has 0 saturated heterocycles. The van der Waals surface area contributed by atoms with Gasteiger partial charge in [-0.3, -0.25) is 14.7 Å². The van der Waals surface area contributed by atoms with Crippen molar-refractivity contribution in [3.8, 4) is 5.75 Å². The van der Waals surface area contributed by atoms with Gasteiger partial charge in [0, 0.05) is 13.5 Å². The summed E-state index contributed by atoms with van der Waals surface area (Å²) in [6.07, 6.45) is 2.53. The fraction of sp³-hybridized carbons (Fsp3) is 0.360. The first kappa shape index (κ1) is 22.5. The fourth-order valence-electron chi connectivity index (χ4n) is 3.75. The zero-order valence-electron chi connectivity index (χ0n) is 19.2. The lowest BCUT2D eigenvalue weighted by Gasteiger charge is -2.20. The van der Waals surface area contributed by atoms with Crippen molar-refractivity contribution < 1.29 is 14.3 Å². The van der Waals surface area contributed by atoms with E-state index in [4.69, 9.17) is 4.74 Å². The van der Waals surface area contributed by atoms with Gasteiger partial charge in [-0.15, -0.1) is 5.10 Å². The van der Waals surface area contributed by atoms with E-state index in [1.165, 1.54) is 0 Å². The number of amides is 2. The van der Waals surface area contributed by atoms with Crippen LogP contribution in [-0.2, 0) is 17.6 Å². The lowest BCUT2D eigenvalue weighted by molar-refractivity contribution is -0.120. The Balaban J connectivity index is 1.42. The topological polar surface area (TPSA) is 100 Å². The van der Waals surface area contributed by atoms with Gasteiger partial charge in [-0.25, -0.2) is 4.98 Å². The zero-order valence-corrected chi connectivity index (χ0v) is 19.2. The average Bonchev–Trinajstić information content (AvgIpc) is 3.24. The molecule has 0 unspecified atom stereocenters. The Hall–Kier alpha value is -3.68. The van der Waals surface area contributed by atoms with Gasteiger partial charge >= 0.3 is 0 Å². The minimum Gasteiger partial charge on any atom is -0.489 e. The Bertz CT molecular complexity index is 1130. The van der Waals surface area contributed by atoms with E-state index in [2.05, 4.69) is 34.3 Å². The molecule has 2 heterocycles. The number of aromatic amines is 1. The number of rotatable bonds is 7. The summed E-state index contributed by atoms with van der Waals surface area (Å²) in [4.78, 5) is 31.6. The van der Waals surface area contributed by atoms with Crippen LogP contribution in [0.5, 0.6) is 5.75 Å². The first-order valence-corrected chi connectivity index (χ1v) is 11.2. The summed E-state index contributed by atoms with van der Waals surface area (Å²) in [6, 6.07) is 14.9. The van der Waals surface area contributed by atoms with Gasteiger partial charge in [0.15, 0.2) is 0 Å². The fourth-order valence-corrected chi connectivity index (χ4v) is 3.75. The molecule has 0 bridgehead atoms. The van der Waals surface area contributed by atoms with Crippen molar-refractivity contribution in [1.82, 2.24) is 20.5 Å². The molecule has 8 heteroatoms. The van der Waals surface area contributed by atoms with Gasteiger partial charge < -0.3 is 15.0 Å². The number of aryl methyl sites for hydroxylation is 1. The molecule has 3 aromatic rings. The minimum atomic E-state index is -0.843. The molecule has 2 N–H and O–H groups in total. The molecule has 1 aromatic heterocycles. The van der Waals surface area contributed by atoms with Gasteiger partial charge in [0.1, 0.15) is 24.2 Å². The Morgan fingerprint density at radius 1 is 1.21 bits per heavy atom. The Kier molecular flexibility index (Phi) is 6.72. The first-order valence-electron chi connectivity index (χ1n) is 11.2. The lowest BCUT2D eigenvalue weighted by atomic mass is 10.0. The van der Waals surface area contributed by atoms with Crippen LogP contribution in [0.4, 0.5) is 5.69 Å². The van der Waals surface area contributed by atoms with Crippen LogP contribution < -0.4 is 15.0 Å². The van der Waals surface area contributed by atoms with Gasteiger partial charge in [0.2, 0.25) is 5.82 Å². The van der Waals surface area contributed by atoms with E-state index in [9.17, 15) is 9.59 Å². The zero-order chi connectivity index (χ0) is 23.4. The highest BCUT2D eigenvalue weighted by atomic mass is 16.5. The van der Waals surface area contributed by atoms with E-state index in [1.807, 2.05) is 48.5 Å². The molecule has 4 rings (SSSR count). The molecule has 0 radical (unpaired) electrons. The van der Waals surface area contributed by atoms with Crippen molar-refractivity contribution in [3.63, 3.8) is 0 Å². The van der Waals surface area contributed by atoms with Crippen molar-refractivity contribution in [2.75, 3.05) is 18.6 Å². The molecule has 8 nitrogen and oxygen atoms in total. The Morgan fingerprint density at radius 3 is 2.76 bits per heavy atom. The highest BCUT2D eigenvalue weighted by Crippen LogP contribution is 2.32. The van der Waals surface area contributed by atoms with E-state index < -0.39 is 11.9 Å². The number of ether oxygens (including phenoxy) is 1. The molecule has 0 fully saturated rings. The molecule has 2 aromatic carbocycles. The summed E-state index contributed by atoms with van der Waals surface area (Å²) < 4.78 is 5.88. The van der Waals surface area contributed by atoms with Crippen LogP contribution in [0.1, 0.15) is 47.8 Å². The number of fused-ring (bicyclic) bond motifs is 1. The maximum Gasteiger partial charge on any atom is 0.291 e. The number of hydrogen-bond acceptors (Lipinski definition) is 5. The van der Waals surface area contributed by atoms with Crippen molar-refractivity contribution in [2.45, 2.75) is 39.2 Å². The number of carbonyl (C=O) groups is 2. The number of nitrogens with one attached hydrogen (secondary N) is 2. The van der Waals surface area contributed by atoms with Crippen LogP contribution in [0.2, 0.25) is 0 Å². The molecule has 0 aliphatic carbocycles. The van der Waals surface area contributed by atoms with Gasteiger partial charge in [0.25, 0.3) is 11.8 Å². The standard InChI is InChI=1S/C25H29N5O3/c1-16(2)9-10-18-11-12-21-20(13-18)30(3)25(32)19(15-33-21)26-24(31)23-27-22(28-29-23)14-17-7-5-4-6-8-17/h4-8,11-13,16,19H,9-10,14-15H2,1-3H3,(H,26,31)(H,27,28,29)/t19-/m0/s1. The number of likely N-dealkylation sites (N-methyl/N-ethyl adjacent to an activating group) is 1. The van der Waals surface area contributed by atoms with E-state index in [0.29, 0.717) is 29.6 Å². The largest absolute Gasteiger partial charge is 0.489 e. The van der Waals surface area contributed by atoms with E-state index in [0.717, 1.165) is 24.0 Å². The number of carbonyl (C=O) groups excluding carboxylic acids is 2. The predicted octanol–water partition coefficient (Wildman–Crippen LogP) is 3.14. The highest BCUT2D eigenvalue weighted by molar-refractivity contribution is 6.02. The third-order valence-electron chi connectivity index (χ3n) is 5.68. The van der Waals surface area contributed by atoms with Crippen LogP contribution >= 0.6 is 0 Å². The van der Waals surface area contributed by atoms with Crippen molar-refractivity contribution in [3.05, 3.63) is 71.3 Å². The second-order valence-corrected chi connectivity index (χ2v) is 8.74. The quantitative estimate of drug-likeness (QED) is 0.580. The smallest absolute Gasteiger partial charge is 0.291 e. The SMILES string of the molecule is CC(C)CCc1ccc2c(c1)N(C)C(=O)[C@@H](NC(=O)c1n[nH]c(Cc3ccccc3)n1)CO2. The summed E-state index contributed by atoms with van der Waals surface area (Å²) in [6.45, 7) is 4.41.